The molecule has 0 radical (unpaired) electrons. The minimum atomic E-state index is -4.72. The first-order valence-corrected chi connectivity index (χ1v) is 7.14. The summed E-state index contributed by atoms with van der Waals surface area (Å²) in [7, 11) is 0. The van der Waals surface area contributed by atoms with E-state index in [0.29, 0.717) is 12.0 Å². The van der Waals surface area contributed by atoms with Crippen LogP contribution < -0.4 is 0 Å². The number of hydrogen-bond donors (Lipinski definition) is 2. The fourth-order valence-electron chi connectivity index (χ4n) is 2.79. The van der Waals surface area contributed by atoms with E-state index in [0.717, 1.165) is 11.6 Å². The summed E-state index contributed by atoms with van der Waals surface area (Å²) in [6, 6.07) is 9.42. The van der Waals surface area contributed by atoms with E-state index in [4.69, 9.17) is 4.74 Å². The molecule has 2 N–H and O–H groups in total. The monoisotopic (exact) mass is 324 g/mol. The Hall–Kier alpha value is -2.05. The van der Waals surface area contributed by atoms with Crippen molar-refractivity contribution in [1.82, 2.24) is 0 Å². The zero-order chi connectivity index (χ0) is 16.6. The Kier molecular flexibility index (Phi) is 4.04. The van der Waals surface area contributed by atoms with Crippen molar-refractivity contribution in [2.45, 2.75) is 30.9 Å². The van der Waals surface area contributed by atoms with Gasteiger partial charge in [-0.3, -0.25) is 0 Å². The molecule has 122 valence electrons. The van der Waals surface area contributed by atoms with E-state index in [1.807, 2.05) is 30.3 Å². The van der Waals surface area contributed by atoms with Gasteiger partial charge in [-0.25, -0.2) is 0 Å². The summed E-state index contributed by atoms with van der Waals surface area (Å²) in [5.74, 6) is 0.0506. The van der Waals surface area contributed by atoms with Gasteiger partial charge in [0, 0.05) is 17.1 Å². The van der Waals surface area contributed by atoms with Crippen molar-refractivity contribution in [2.24, 2.45) is 0 Å². The van der Waals surface area contributed by atoms with E-state index in [1.54, 1.807) is 12.2 Å². The molecule has 3 rings (SSSR count). The zero-order valence-electron chi connectivity index (χ0n) is 12.0. The van der Waals surface area contributed by atoms with Gasteiger partial charge in [-0.15, -0.1) is 0 Å². The molecule has 2 atom stereocenters. The molecule has 0 aromatic heterocycles. The number of aliphatic hydroxyl groups excluding tert-OH is 1. The lowest BCUT2D eigenvalue weighted by Gasteiger charge is -2.33. The molecule has 1 heterocycles. The van der Waals surface area contributed by atoms with Gasteiger partial charge in [-0.2, -0.15) is 13.2 Å². The van der Waals surface area contributed by atoms with E-state index in [-0.39, 0.29) is 11.7 Å². The summed E-state index contributed by atoms with van der Waals surface area (Å²) in [4.78, 5) is 0. The summed E-state index contributed by atoms with van der Waals surface area (Å²) >= 11 is 0. The molecule has 0 bridgehead atoms. The molecule has 1 aromatic carbocycles. The molecule has 2 aliphatic rings. The number of fused-ring (bicyclic) bond motifs is 1. The van der Waals surface area contributed by atoms with Crippen molar-refractivity contribution in [3.8, 4) is 0 Å². The first-order chi connectivity index (χ1) is 10.9. The number of allylic oxidation sites excluding steroid dienone is 3. The van der Waals surface area contributed by atoms with Gasteiger partial charge < -0.3 is 14.9 Å². The van der Waals surface area contributed by atoms with Gasteiger partial charge in [0.15, 0.2) is 6.29 Å². The van der Waals surface area contributed by atoms with Crippen molar-refractivity contribution in [3.05, 3.63) is 71.0 Å². The number of ether oxygens (including phenoxy) is 1. The fraction of sp³-hybridized carbons (Fsp3) is 0.294. The number of aliphatic hydroxyl groups is 2. The molecular formula is C17H15F3O3. The molecule has 1 aliphatic heterocycles. The maximum Gasteiger partial charge on any atom is 0.429 e. The third kappa shape index (κ3) is 3.18. The third-order valence-corrected chi connectivity index (χ3v) is 3.92. The average Bonchev–Trinajstić information content (AvgIpc) is 2.53. The highest BCUT2D eigenvalue weighted by atomic mass is 19.4. The smallest absolute Gasteiger partial charge is 0.429 e. The molecule has 0 saturated heterocycles. The topological polar surface area (TPSA) is 49.7 Å². The fourth-order valence-corrected chi connectivity index (χ4v) is 2.79. The van der Waals surface area contributed by atoms with Crippen LogP contribution in [0.4, 0.5) is 13.2 Å². The molecule has 1 aliphatic carbocycles. The summed E-state index contributed by atoms with van der Waals surface area (Å²) in [5, 5.41) is 18.4. The summed E-state index contributed by atoms with van der Waals surface area (Å²) in [6.45, 7) is 0. The van der Waals surface area contributed by atoms with Crippen LogP contribution >= 0.6 is 0 Å². The Balaban J connectivity index is 1.95. The van der Waals surface area contributed by atoms with Crippen LogP contribution in [-0.4, -0.2) is 28.8 Å². The lowest BCUT2D eigenvalue weighted by Crippen LogP contribution is -2.40. The van der Waals surface area contributed by atoms with Crippen LogP contribution in [0.2, 0.25) is 0 Å². The Morgan fingerprint density at radius 3 is 2.43 bits per heavy atom. The number of halogens is 3. The molecule has 0 spiro atoms. The Bertz CT molecular complexity index is 672. The van der Waals surface area contributed by atoms with Crippen molar-refractivity contribution < 1.29 is 28.1 Å². The normalized spacial score (nSPS) is 24.3. The SMILES string of the molecule is OC(O)C1=CC2=CCC(c3ccccc3)C=C2OC1C(F)(F)F. The molecule has 0 fully saturated rings. The molecule has 6 heteroatoms. The van der Waals surface area contributed by atoms with E-state index in [9.17, 15) is 23.4 Å². The van der Waals surface area contributed by atoms with Crippen LogP contribution in [0.1, 0.15) is 17.9 Å². The van der Waals surface area contributed by atoms with Gasteiger partial charge >= 0.3 is 6.18 Å². The maximum atomic E-state index is 13.1. The second kappa shape index (κ2) is 5.86. The van der Waals surface area contributed by atoms with Crippen molar-refractivity contribution >= 4 is 0 Å². The lowest BCUT2D eigenvalue weighted by atomic mass is 9.87. The standard InChI is InChI=1S/C17H15F3O3/c18-17(19,20)15-13(16(21)22)8-12-7-6-11(9-14(12)23-15)10-4-2-1-3-5-10/h1-5,7-9,11,15-16,21-22H,6H2. The Morgan fingerprint density at radius 1 is 1.13 bits per heavy atom. The average molecular weight is 324 g/mol. The molecule has 0 amide bonds. The van der Waals surface area contributed by atoms with Crippen LogP contribution in [0.5, 0.6) is 0 Å². The predicted molar refractivity (Wildman–Crippen MR) is 77.2 cm³/mol. The summed E-state index contributed by atoms with van der Waals surface area (Å²) < 4.78 is 44.3. The number of rotatable bonds is 2. The zero-order valence-corrected chi connectivity index (χ0v) is 12.0. The van der Waals surface area contributed by atoms with Crippen LogP contribution in [-0.2, 0) is 4.74 Å². The highest BCUT2D eigenvalue weighted by Crippen LogP contribution is 2.41. The van der Waals surface area contributed by atoms with Crippen LogP contribution in [0, 0.1) is 0 Å². The largest absolute Gasteiger partial charge is 0.476 e. The van der Waals surface area contributed by atoms with Gasteiger partial charge in [-0.05, 0) is 24.1 Å². The predicted octanol–water partition coefficient (Wildman–Crippen LogP) is 3.18. The number of benzene rings is 1. The molecule has 3 nitrogen and oxygen atoms in total. The van der Waals surface area contributed by atoms with E-state index in [2.05, 4.69) is 0 Å². The minimum Gasteiger partial charge on any atom is -0.476 e. The van der Waals surface area contributed by atoms with Gasteiger partial charge in [0.1, 0.15) is 5.76 Å². The second-order valence-corrected chi connectivity index (χ2v) is 5.50. The van der Waals surface area contributed by atoms with Gasteiger partial charge in [0.05, 0.1) is 0 Å². The molecule has 1 aromatic rings. The molecular weight excluding hydrogens is 309 g/mol. The Morgan fingerprint density at radius 2 is 1.83 bits per heavy atom. The third-order valence-electron chi connectivity index (χ3n) is 3.92. The van der Waals surface area contributed by atoms with Gasteiger partial charge in [0.25, 0.3) is 0 Å². The first kappa shape index (κ1) is 15.8. The van der Waals surface area contributed by atoms with E-state index in [1.165, 1.54) is 0 Å². The molecule has 0 saturated carbocycles. The highest BCUT2D eigenvalue weighted by molar-refractivity contribution is 5.47. The number of hydrogen-bond acceptors (Lipinski definition) is 3. The quantitative estimate of drug-likeness (QED) is 0.822. The van der Waals surface area contributed by atoms with Crippen molar-refractivity contribution in [3.63, 3.8) is 0 Å². The first-order valence-electron chi connectivity index (χ1n) is 7.14. The molecule has 23 heavy (non-hydrogen) atoms. The van der Waals surface area contributed by atoms with Crippen molar-refractivity contribution in [1.29, 1.82) is 0 Å². The van der Waals surface area contributed by atoms with Crippen LogP contribution in [0.15, 0.2) is 65.5 Å². The highest BCUT2D eigenvalue weighted by Gasteiger charge is 2.48. The van der Waals surface area contributed by atoms with Crippen LogP contribution in [0.3, 0.4) is 0 Å². The number of alkyl halides is 3. The van der Waals surface area contributed by atoms with E-state index >= 15 is 0 Å². The lowest BCUT2D eigenvalue weighted by molar-refractivity contribution is -0.206. The summed E-state index contributed by atoms with van der Waals surface area (Å²) in [6.07, 6.45) is -4.12. The van der Waals surface area contributed by atoms with Crippen molar-refractivity contribution in [2.75, 3.05) is 0 Å². The Labute approximate surface area is 131 Å². The van der Waals surface area contributed by atoms with Crippen LogP contribution in [0.25, 0.3) is 0 Å². The van der Waals surface area contributed by atoms with E-state index < -0.39 is 24.1 Å². The molecule has 2 unspecified atom stereocenters. The van der Waals surface area contributed by atoms with Gasteiger partial charge in [0.2, 0.25) is 6.10 Å². The van der Waals surface area contributed by atoms with Gasteiger partial charge in [-0.1, -0.05) is 36.4 Å². The minimum absolute atomic E-state index is 0.0715. The maximum absolute atomic E-state index is 13.1. The second-order valence-electron chi connectivity index (χ2n) is 5.50. The summed E-state index contributed by atoms with van der Waals surface area (Å²) in [5.41, 5.74) is 0.833.